The van der Waals surface area contributed by atoms with Crippen LogP contribution in [-0.2, 0) is 6.42 Å². The molecule has 5 rings (SSSR count). The van der Waals surface area contributed by atoms with Crippen LogP contribution in [0.25, 0.3) is 18.0 Å². The number of nitrogens with zero attached hydrogens (tertiary/aromatic N) is 3. The number of fused-ring (bicyclic) bond motifs is 2. The molecule has 34 heavy (non-hydrogen) atoms. The molecule has 1 aliphatic rings. The summed E-state index contributed by atoms with van der Waals surface area (Å²) in [6.45, 7) is 4.21. The van der Waals surface area contributed by atoms with Gasteiger partial charge in [0.1, 0.15) is 5.82 Å². The summed E-state index contributed by atoms with van der Waals surface area (Å²) in [5.41, 5.74) is 5.94. The monoisotopic (exact) mass is 470 g/mol. The molecular formula is C27H23ClN4O2. The highest BCUT2D eigenvalue weighted by Crippen LogP contribution is 2.38. The van der Waals surface area contributed by atoms with Crippen molar-refractivity contribution in [3.05, 3.63) is 120 Å². The number of nitrogens with one attached hydrogen (secondary N) is 1. The molecule has 1 aliphatic carbocycles. The lowest BCUT2D eigenvalue weighted by Gasteiger charge is -2.22. The van der Waals surface area contributed by atoms with E-state index in [9.17, 15) is 9.59 Å². The molecular weight excluding hydrogens is 448 g/mol. The number of benzene rings is 2. The molecule has 2 aromatic heterocycles. The lowest BCUT2D eigenvalue weighted by molar-refractivity contribution is 0.812. The van der Waals surface area contributed by atoms with Gasteiger partial charge in [-0.15, -0.1) is 0 Å². The Balaban J connectivity index is 1.78. The number of aromatic nitrogens is 4. The molecule has 0 radical (unpaired) electrons. The van der Waals surface area contributed by atoms with Crippen molar-refractivity contribution >= 4 is 23.8 Å². The van der Waals surface area contributed by atoms with Gasteiger partial charge < -0.3 is 0 Å². The Morgan fingerprint density at radius 1 is 1.00 bits per heavy atom. The first kappa shape index (κ1) is 22.0. The Labute approximate surface area is 201 Å². The Morgan fingerprint density at radius 2 is 1.74 bits per heavy atom. The van der Waals surface area contributed by atoms with E-state index in [2.05, 4.69) is 64.4 Å². The molecule has 1 atom stereocenters. The molecule has 0 bridgehead atoms. The van der Waals surface area contributed by atoms with Crippen molar-refractivity contribution in [1.29, 1.82) is 0 Å². The maximum absolute atomic E-state index is 13.2. The van der Waals surface area contributed by atoms with Crippen molar-refractivity contribution in [1.82, 2.24) is 19.5 Å². The number of H-pyrrole nitrogens is 1. The number of rotatable bonds is 4. The SMILES string of the molecule is CCCc1ccc2c(c1)C=Cc1cc(C)ccc1C2c1cn(-c2ccnc(Cl)n2)c(=O)[nH]c1=O. The molecule has 0 amide bonds. The van der Waals surface area contributed by atoms with Gasteiger partial charge in [0.25, 0.3) is 5.56 Å². The average Bonchev–Trinajstić information content (AvgIpc) is 2.96. The van der Waals surface area contributed by atoms with E-state index in [-0.39, 0.29) is 17.0 Å². The molecule has 7 heteroatoms. The first-order valence-corrected chi connectivity index (χ1v) is 11.6. The lowest BCUT2D eigenvalue weighted by atomic mass is 9.82. The zero-order valence-electron chi connectivity index (χ0n) is 18.9. The van der Waals surface area contributed by atoms with Crippen molar-refractivity contribution in [3.63, 3.8) is 0 Å². The standard InChI is InChI=1S/C27H23ClN4O2/c1-3-4-17-6-10-21-19(14-17)8-7-18-13-16(2)5-9-20(18)24(21)22-15-32(27(34)31-25(22)33)23-11-12-29-26(28)30-23/h5-15,24H,3-4H2,1-2H3,(H,31,33,34). The van der Waals surface area contributed by atoms with E-state index in [0.717, 1.165) is 40.7 Å². The zero-order valence-corrected chi connectivity index (χ0v) is 19.6. The number of hydrogen-bond donors (Lipinski definition) is 1. The van der Waals surface area contributed by atoms with E-state index in [0.29, 0.717) is 5.56 Å². The van der Waals surface area contributed by atoms with Gasteiger partial charge in [-0.2, -0.15) is 4.98 Å². The van der Waals surface area contributed by atoms with Crippen LogP contribution in [0.1, 0.15) is 58.2 Å². The number of aromatic amines is 1. The van der Waals surface area contributed by atoms with Gasteiger partial charge in [0.2, 0.25) is 5.28 Å². The van der Waals surface area contributed by atoms with Crippen molar-refractivity contribution in [2.24, 2.45) is 0 Å². The summed E-state index contributed by atoms with van der Waals surface area (Å²) in [5.74, 6) is -0.0823. The summed E-state index contributed by atoms with van der Waals surface area (Å²) in [6.07, 6.45) is 9.30. The molecule has 170 valence electrons. The van der Waals surface area contributed by atoms with Crippen LogP contribution in [0.15, 0.2) is 64.4 Å². The van der Waals surface area contributed by atoms with E-state index in [4.69, 9.17) is 11.6 Å². The van der Waals surface area contributed by atoms with E-state index in [1.54, 1.807) is 12.3 Å². The largest absolute Gasteiger partial charge is 0.334 e. The highest BCUT2D eigenvalue weighted by atomic mass is 35.5. The predicted octanol–water partition coefficient (Wildman–Crippen LogP) is 4.89. The van der Waals surface area contributed by atoms with Crippen molar-refractivity contribution in [2.45, 2.75) is 32.6 Å². The van der Waals surface area contributed by atoms with Gasteiger partial charge in [0, 0.05) is 23.9 Å². The minimum Gasteiger partial charge on any atom is -0.273 e. The maximum atomic E-state index is 13.2. The average molecular weight is 471 g/mol. The molecule has 2 aromatic carbocycles. The van der Waals surface area contributed by atoms with Crippen LogP contribution >= 0.6 is 11.6 Å². The third kappa shape index (κ3) is 4.01. The Hall–Kier alpha value is -3.77. The van der Waals surface area contributed by atoms with Crippen LogP contribution in [0, 0.1) is 6.92 Å². The molecule has 4 aromatic rings. The molecule has 0 spiro atoms. The van der Waals surface area contributed by atoms with Crippen LogP contribution < -0.4 is 11.2 Å². The molecule has 0 saturated heterocycles. The van der Waals surface area contributed by atoms with E-state index in [1.165, 1.54) is 16.3 Å². The van der Waals surface area contributed by atoms with Crippen molar-refractivity contribution in [3.8, 4) is 5.82 Å². The molecule has 0 aliphatic heterocycles. The Bertz CT molecular complexity index is 1550. The van der Waals surface area contributed by atoms with E-state index < -0.39 is 11.2 Å². The quantitative estimate of drug-likeness (QED) is 0.379. The summed E-state index contributed by atoms with van der Waals surface area (Å²) < 4.78 is 1.31. The Kier molecular flexibility index (Phi) is 5.75. The first-order valence-electron chi connectivity index (χ1n) is 11.2. The van der Waals surface area contributed by atoms with Crippen LogP contribution in [0.2, 0.25) is 5.28 Å². The van der Waals surface area contributed by atoms with Gasteiger partial charge in [0.15, 0.2) is 0 Å². The fourth-order valence-corrected chi connectivity index (χ4v) is 4.72. The number of halogens is 1. The van der Waals surface area contributed by atoms with Gasteiger partial charge in [-0.25, -0.2) is 9.78 Å². The molecule has 0 saturated carbocycles. The molecule has 1 unspecified atom stereocenters. The van der Waals surface area contributed by atoms with Crippen molar-refractivity contribution < 1.29 is 0 Å². The number of aryl methyl sites for hydroxylation is 2. The van der Waals surface area contributed by atoms with E-state index in [1.807, 2.05) is 13.0 Å². The minimum absolute atomic E-state index is 0.0189. The fourth-order valence-electron chi connectivity index (χ4n) is 4.58. The Morgan fingerprint density at radius 3 is 2.47 bits per heavy atom. The van der Waals surface area contributed by atoms with Crippen LogP contribution in [0.5, 0.6) is 0 Å². The normalized spacial score (nSPS) is 14.4. The third-order valence-corrected chi connectivity index (χ3v) is 6.32. The van der Waals surface area contributed by atoms with Gasteiger partial charge in [-0.1, -0.05) is 67.5 Å². The molecule has 0 fully saturated rings. The van der Waals surface area contributed by atoms with Crippen LogP contribution in [-0.4, -0.2) is 19.5 Å². The maximum Gasteiger partial charge on any atom is 0.334 e. The summed E-state index contributed by atoms with van der Waals surface area (Å²) >= 11 is 5.96. The second-order valence-electron chi connectivity index (χ2n) is 8.51. The highest BCUT2D eigenvalue weighted by molar-refractivity contribution is 6.28. The lowest BCUT2D eigenvalue weighted by Crippen LogP contribution is -2.33. The first-order chi connectivity index (χ1) is 16.4. The second kappa shape index (κ2) is 8.88. The highest BCUT2D eigenvalue weighted by Gasteiger charge is 2.27. The fraction of sp³-hybridized carbons (Fsp3) is 0.185. The third-order valence-electron chi connectivity index (χ3n) is 6.14. The molecule has 2 heterocycles. The topological polar surface area (TPSA) is 80.6 Å². The van der Waals surface area contributed by atoms with Crippen LogP contribution in [0.4, 0.5) is 0 Å². The van der Waals surface area contributed by atoms with E-state index >= 15 is 0 Å². The minimum atomic E-state index is -0.585. The van der Waals surface area contributed by atoms with Crippen LogP contribution in [0.3, 0.4) is 0 Å². The smallest absolute Gasteiger partial charge is 0.273 e. The molecule has 6 nitrogen and oxygen atoms in total. The molecule has 1 N–H and O–H groups in total. The predicted molar refractivity (Wildman–Crippen MR) is 135 cm³/mol. The summed E-state index contributed by atoms with van der Waals surface area (Å²) in [7, 11) is 0. The second-order valence-corrected chi connectivity index (χ2v) is 8.85. The zero-order chi connectivity index (χ0) is 23.8. The summed E-state index contributed by atoms with van der Waals surface area (Å²) in [5, 5.41) is 0.0189. The van der Waals surface area contributed by atoms with Gasteiger partial charge in [-0.3, -0.25) is 14.3 Å². The van der Waals surface area contributed by atoms with Gasteiger partial charge in [-0.05, 0) is 58.8 Å². The van der Waals surface area contributed by atoms with Gasteiger partial charge >= 0.3 is 5.69 Å². The number of hydrogen-bond acceptors (Lipinski definition) is 4. The summed E-state index contributed by atoms with van der Waals surface area (Å²) in [4.78, 5) is 36.4. The van der Waals surface area contributed by atoms with Gasteiger partial charge in [0.05, 0.1) is 0 Å². The van der Waals surface area contributed by atoms with Crippen molar-refractivity contribution in [2.75, 3.05) is 0 Å². The summed E-state index contributed by atoms with van der Waals surface area (Å²) in [6, 6.07) is 14.2.